The van der Waals surface area contributed by atoms with E-state index in [1.165, 1.54) is 0 Å². The molecule has 0 spiro atoms. The number of amides is 2. The monoisotopic (exact) mass is 269 g/mol. The van der Waals surface area contributed by atoms with Crippen LogP contribution in [0.4, 0.5) is 0 Å². The molecule has 2 amide bonds. The van der Waals surface area contributed by atoms with Crippen LogP contribution in [0, 0.1) is 17.8 Å². The molecule has 0 bridgehead atoms. The van der Waals surface area contributed by atoms with Gasteiger partial charge in [-0.1, -0.05) is 13.8 Å². The van der Waals surface area contributed by atoms with Crippen LogP contribution in [-0.4, -0.2) is 43.4 Å². The topological polar surface area (TPSA) is 75.4 Å². The molecular weight excluding hydrogens is 242 g/mol. The summed E-state index contributed by atoms with van der Waals surface area (Å²) in [5, 5.41) is 2.61. The fourth-order valence-electron chi connectivity index (χ4n) is 2.92. The first-order valence-electron chi connectivity index (χ1n) is 7.09. The minimum absolute atomic E-state index is 0.0293. The van der Waals surface area contributed by atoms with Crippen molar-refractivity contribution in [3.8, 4) is 0 Å². The summed E-state index contributed by atoms with van der Waals surface area (Å²) in [5.74, 6) is 0.323. The molecular formula is C14H27N3O2. The fraction of sp³-hybridized carbons (Fsp3) is 0.857. The van der Waals surface area contributed by atoms with Gasteiger partial charge in [0, 0.05) is 32.6 Å². The normalized spacial score (nSPS) is 28.6. The van der Waals surface area contributed by atoms with Gasteiger partial charge in [0.05, 0.1) is 5.92 Å². The summed E-state index contributed by atoms with van der Waals surface area (Å²) in [5.41, 5.74) is 5.92. The Hall–Kier alpha value is -1.10. The van der Waals surface area contributed by atoms with Gasteiger partial charge in [0.15, 0.2) is 0 Å². The molecule has 1 saturated carbocycles. The van der Waals surface area contributed by atoms with Crippen molar-refractivity contribution in [1.82, 2.24) is 10.2 Å². The van der Waals surface area contributed by atoms with Gasteiger partial charge in [-0.15, -0.1) is 0 Å². The standard InChI is InChI=1S/C14H27N3O2/c1-9-7-11(15)5-6-12(9)14(19)17(4)8-10(2)13(18)16-3/h9-12H,5-8,15H2,1-4H3,(H,16,18). The van der Waals surface area contributed by atoms with Crippen molar-refractivity contribution in [1.29, 1.82) is 0 Å². The van der Waals surface area contributed by atoms with E-state index in [1.807, 2.05) is 6.92 Å². The summed E-state index contributed by atoms with van der Waals surface area (Å²) in [6.07, 6.45) is 2.69. The average Bonchev–Trinajstić information content (AvgIpc) is 2.36. The van der Waals surface area contributed by atoms with E-state index in [-0.39, 0.29) is 29.7 Å². The predicted octanol–water partition coefficient (Wildman–Crippen LogP) is 0.590. The highest BCUT2D eigenvalue weighted by Crippen LogP contribution is 2.30. The Morgan fingerprint density at radius 1 is 1.42 bits per heavy atom. The largest absolute Gasteiger partial charge is 0.359 e. The Balaban J connectivity index is 2.54. The van der Waals surface area contributed by atoms with Crippen LogP contribution >= 0.6 is 0 Å². The van der Waals surface area contributed by atoms with Crippen molar-refractivity contribution in [3.05, 3.63) is 0 Å². The lowest BCUT2D eigenvalue weighted by Gasteiger charge is -2.34. The van der Waals surface area contributed by atoms with Crippen LogP contribution in [0.25, 0.3) is 0 Å². The van der Waals surface area contributed by atoms with E-state index in [2.05, 4.69) is 12.2 Å². The van der Waals surface area contributed by atoms with E-state index in [1.54, 1.807) is 19.0 Å². The van der Waals surface area contributed by atoms with Crippen LogP contribution in [0.1, 0.15) is 33.1 Å². The van der Waals surface area contributed by atoms with Crippen LogP contribution in [0.2, 0.25) is 0 Å². The number of rotatable bonds is 4. The molecule has 4 unspecified atom stereocenters. The van der Waals surface area contributed by atoms with Gasteiger partial charge in [0.25, 0.3) is 0 Å². The summed E-state index contributed by atoms with van der Waals surface area (Å²) < 4.78 is 0. The lowest BCUT2D eigenvalue weighted by molar-refractivity contribution is -0.138. The van der Waals surface area contributed by atoms with Crippen LogP contribution in [0.15, 0.2) is 0 Å². The Morgan fingerprint density at radius 2 is 2.05 bits per heavy atom. The van der Waals surface area contributed by atoms with Gasteiger partial charge in [0.2, 0.25) is 11.8 Å². The number of nitrogens with one attached hydrogen (secondary N) is 1. The number of hydrogen-bond acceptors (Lipinski definition) is 3. The first-order valence-corrected chi connectivity index (χ1v) is 7.09. The number of carbonyl (C=O) groups excluding carboxylic acids is 2. The molecule has 1 aliphatic rings. The maximum absolute atomic E-state index is 12.4. The highest BCUT2D eigenvalue weighted by atomic mass is 16.2. The van der Waals surface area contributed by atoms with E-state index in [9.17, 15) is 9.59 Å². The Kier molecular flexibility index (Phi) is 5.79. The summed E-state index contributed by atoms with van der Waals surface area (Å²) >= 11 is 0. The highest BCUT2D eigenvalue weighted by molar-refractivity contribution is 5.81. The second kappa shape index (κ2) is 6.89. The third kappa shape index (κ3) is 4.20. The van der Waals surface area contributed by atoms with Crippen molar-refractivity contribution in [2.45, 2.75) is 39.2 Å². The first kappa shape index (κ1) is 16.0. The maximum atomic E-state index is 12.4. The molecule has 1 fully saturated rings. The summed E-state index contributed by atoms with van der Waals surface area (Å²) in [7, 11) is 3.40. The quantitative estimate of drug-likeness (QED) is 0.784. The molecule has 0 heterocycles. The summed E-state index contributed by atoms with van der Waals surface area (Å²) in [6.45, 7) is 4.40. The van der Waals surface area contributed by atoms with E-state index in [0.29, 0.717) is 12.5 Å². The third-order valence-corrected chi connectivity index (χ3v) is 4.15. The zero-order valence-electron chi connectivity index (χ0n) is 12.5. The smallest absolute Gasteiger partial charge is 0.225 e. The SMILES string of the molecule is CNC(=O)C(C)CN(C)C(=O)C1CCC(N)CC1C. The van der Waals surface area contributed by atoms with Gasteiger partial charge in [-0.3, -0.25) is 9.59 Å². The molecule has 0 saturated heterocycles. The second-order valence-corrected chi connectivity index (χ2v) is 5.89. The van der Waals surface area contributed by atoms with E-state index in [4.69, 9.17) is 5.73 Å². The number of carbonyl (C=O) groups is 2. The number of nitrogens with zero attached hydrogens (tertiary/aromatic N) is 1. The Labute approximate surface area is 115 Å². The zero-order chi connectivity index (χ0) is 14.6. The van der Waals surface area contributed by atoms with Crippen molar-refractivity contribution < 1.29 is 9.59 Å². The molecule has 3 N–H and O–H groups in total. The van der Waals surface area contributed by atoms with Gasteiger partial charge in [-0.25, -0.2) is 0 Å². The van der Waals surface area contributed by atoms with Gasteiger partial charge < -0.3 is 16.0 Å². The summed E-state index contributed by atoms with van der Waals surface area (Å²) in [6, 6.07) is 0.231. The Morgan fingerprint density at radius 3 is 2.58 bits per heavy atom. The second-order valence-electron chi connectivity index (χ2n) is 5.89. The first-order chi connectivity index (χ1) is 8.86. The molecule has 4 atom stereocenters. The van der Waals surface area contributed by atoms with E-state index >= 15 is 0 Å². The molecule has 0 aliphatic heterocycles. The lowest BCUT2D eigenvalue weighted by atomic mass is 9.77. The average molecular weight is 269 g/mol. The van der Waals surface area contributed by atoms with E-state index < -0.39 is 0 Å². The van der Waals surface area contributed by atoms with Crippen LogP contribution in [0.5, 0.6) is 0 Å². The van der Waals surface area contributed by atoms with Crippen molar-refractivity contribution in [2.75, 3.05) is 20.6 Å². The van der Waals surface area contributed by atoms with Crippen molar-refractivity contribution in [3.63, 3.8) is 0 Å². The molecule has 5 nitrogen and oxygen atoms in total. The predicted molar refractivity (Wildman–Crippen MR) is 75.3 cm³/mol. The fourth-order valence-corrected chi connectivity index (χ4v) is 2.92. The van der Waals surface area contributed by atoms with Gasteiger partial charge >= 0.3 is 0 Å². The van der Waals surface area contributed by atoms with E-state index in [0.717, 1.165) is 19.3 Å². The van der Waals surface area contributed by atoms with Gasteiger partial charge in [-0.2, -0.15) is 0 Å². The molecule has 5 heteroatoms. The molecule has 0 aromatic carbocycles. The molecule has 110 valence electrons. The zero-order valence-corrected chi connectivity index (χ0v) is 12.5. The highest BCUT2D eigenvalue weighted by Gasteiger charge is 2.33. The molecule has 1 aliphatic carbocycles. The van der Waals surface area contributed by atoms with Crippen molar-refractivity contribution in [2.24, 2.45) is 23.5 Å². The molecule has 19 heavy (non-hydrogen) atoms. The minimum Gasteiger partial charge on any atom is -0.359 e. The van der Waals surface area contributed by atoms with Gasteiger partial charge in [0.1, 0.15) is 0 Å². The van der Waals surface area contributed by atoms with Crippen LogP contribution in [-0.2, 0) is 9.59 Å². The Bertz CT molecular complexity index is 333. The van der Waals surface area contributed by atoms with Crippen LogP contribution in [0.3, 0.4) is 0 Å². The third-order valence-electron chi connectivity index (χ3n) is 4.15. The molecule has 1 rings (SSSR count). The number of nitrogens with two attached hydrogens (primary N) is 1. The van der Waals surface area contributed by atoms with Crippen molar-refractivity contribution >= 4 is 11.8 Å². The molecule has 0 aromatic rings. The maximum Gasteiger partial charge on any atom is 0.225 e. The van der Waals surface area contributed by atoms with Gasteiger partial charge in [-0.05, 0) is 25.2 Å². The lowest BCUT2D eigenvalue weighted by Crippen LogP contribution is -2.44. The molecule has 0 radical (unpaired) electrons. The molecule has 0 aromatic heterocycles. The minimum atomic E-state index is -0.180. The number of hydrogen-bond donors (Lipinski definition) is 2. The summed E-state index contributed by atoms with van der Waals surface area (Å²) in [4.78, 5) is 25.6. The van der Waals surface area contributed by atoms with Crippen LogP contribution < -0.4 is 11.1 Å².